The molecular formula is C20H20N6OS2. The van der Waals surface area contributed by atoms with Gasteiger partial charge >= 0.3 is 0 Å². The summed E-state index contributed by atoms with van der Waals surface area (Å²) in [5.74, 6) is 1.59. The second-order valence-electron chi connectivity index (χ2n) is 6.43. The van der Waals surface area contributed by atoms with Crippen LogP contribution >= 0.6 is 23.5 Å². The van der Waals surface area contributed by atoms with Gasteiger partial charge in [0.2, 0.25) is 5.91 Å². The molecule has 2 aromatic carbocycles. The number of aryl methyl sites for hydroxylation is 1. The number of nitrogens with zero attached hydrogens (tertiary/aromatic N) is 5. The van der Waals surface area contributed by atoms with Crippen molar-refractivity contribution in [2.45, 2.75) is 22.3 Å². The summed E-state index contributed by atoms with van der Waals surface area (Å²) in [6.07, 6.45) is 3.70. The van der Waals surface area contributed by atoms with Crippen molar-refractivity contribution < 1.29 is 4.79 Å². The molecule has 4 rings (SSSR count). The lowest BCUT2D eigenvalue weighted by atomic mass is 10.3. The number of thioether (sulfide) groups is 1. The Morgan fingerprint density at radius 2 is 1.93 bits per heavy atom. The Kier molecular flexibility index (Phi) is 5.86. The van der Waals surface area contributed by atoms with Crippen molar-refractivity contribution in [2.24, 2.45) is 7.05 Å². The van der Waals surface area contributed by atoms with Crippen LogP contribution < -0.4 is 5.32 Å². The van der Waals surface area contributed by atoms with Crippen LogP contribution in [0.1, 0.15) is 5.82 Å². The summed E-state index contributed by atoms with van der Waals surface area (Å²) in [5, 5.41) is 11.7. The average Bonchev–Trinajstić information content (AvgIpc) is 3.27. The molecule has 0 unspecified atom stereocenters. The number of rotatable bonds is 7. The molecular weight excluding hydrogens is 404 g/mol. The third-order valence-corrected chi connectivity index (χ3v) is 5.93. The van der Waals surface area contributed by atoms with E-state index in [0.29, 0.717) is 0 Å². The number of imidazole rings is 1. The quantitative estimate of drug-likeness (QED) is 0.486. The molecule has 148 valence electrons. The highest BCUT2D eigenvalue weighted by Crippen LogP contribution is 2.26. The SMILES string of the molecule is CSCc1nc2ccccc2n1CC(=O)Nc1ccc(Sc2nncn2C)cc1. The van der Waals surface area contributed by atoms with Crippen molar-refractivity contribution in [3.05, 3.63) is 60.7 Å². The molecule has 1 N–H and O–H groups in total. The van der Waals surface area contributed by atoms with E-state index in [0.717, 1.165) is 38.3 Å². The molecule has 0 aliphatic rings. The zero-order valence-electron chi connectivity index (χ0n) is 16.1. The number of para-hydroxylation sites is 2. The van der Waals surface area contributed by atoms with Gasteiger partial charge in [0.25, 0.3) is 0 Å². The molecule has 0 aliphatic carbocycles. The van der Waals surface area contributed by atoms with Gasteiger partial charge in [-0.05, 0) is 54.4 Å². The molecule has 1 amide bonds. The Morgan fingerprint density at radius 3 is 2.66 bits per heavy atom. The molecule has 0 bridgehead atoms. The minimum Gasteiger partial charge on any atom is -0.325 e. The van der Waals surface area contributed by atoms with E-state index in [9.17, 15) is 4.79 Å². The maximum Gasteiger partial charge on any atom is 0.244 e. The number of carbonyl (C=O) groups is 1. The highest BCUT2D eigenvalue weighted by atomic mass is 32.2. The maximum atomic E-state index is 12.7. The number of benzene rings is 2. The van der Waals surface area contributed by atoms with Crippen LogP contribution in [0.15, 0.2) is 64.9 Å². The Balaban J connectivity index is 1.45. The maximum absolute atomic E-state index is 12.7. The van der Waals surface area contributed by atoms with Crippen LogP contribution in [0.4, 0.5) is 5.69 Å². The third-order valence-electron chi connectivity index (χ3n) is 4.33. The summed E-state index contributed by atoms with van der Waals surface area (Å²) < 4.78 is 3.85. The van der Waals surface area contributed by atoms with E-state index >= 15 is 0 Å². The molecule has 2 aromatic heterocycles. The van der Waals surface area contributed by atoms with E-state index in [1.807, 2.05) is 71.0 Å². The average molecular weight is 425 g/mol. The van der Waals surface area contributed by atoms with Gasteiger partial charge in [-0.3, -0.25) is 4.79 Å². The van der Waals surface area contributed by atoms with Crippen molar-refractivity contribution in [1.82, 2.24) is 24.3 Å². The molecule has 0 saturated heterocycles. The zero-order valence-corrected chi connectivity index (χ0v) is 17.7. The minimum absolute atomic E-state index is 0.0794. The third kappa shape index (κ3) is 4.46. The monoisotopic (exact) mass is 424 g/mol. The fourth-order valence-corrected chi connectivity index (χ4v) is 4.20. The van der Waals surface area contributed by atoms with E-state index in [-0.39, 0.29) is 12.5 Å². The number of anilines is 1. The first-order valence-electron chi connectivity index (χ1n) is 8.99. The van der Waals surface area contributed by atoms with Crippen molar-refractivity contribution in [3.8, 4) is 0 Å². The van der Waals surface area contributed by atoms with Crippen LogP contribution in [0.3, 0.4) is 0 Å². The molecule has 0 radical (unpaired) electrons. The van der Waals surface area contributed by atoms with E-state index in [2.05, 4.69) is 20.5 Å². The molecule has 4 aromatic rings. The molecule has 7 nitrogen and oxygen atoms in total. The largest absolute Gasteiger partial charge is 0.325 e. The summed E-state index contributed by atoms with van der Waals surface area (Å²) in [7, 11) is 1.90. The van der Waals surface area contributed by atoms with Crippen LogP contribution in [0.5, 0.6) is 0 Å². The number of nitrogens with one attached hydrogen (secondary N) is 1. The first-order valence-corrected chi connectivity index (χ1v) is 11.2. The van der Waals surface area contributed by atoms with Gasteiger partial charge in [-0.15, -0.1) is 10.2 Å². The molecule has 0 fully saturated rings. The summed E-state index contributed by atoms with van der Waals surface area (Å²) in [5.41, 5.74) is 2.64. The van der Waals surface area contributed by atoms with E-state index in [4.69, 9.17) is 0 Å². The molecule has 0 atom stereocenters. The van der Waals surface area contributed by atoms with Gasteiger partial charge in [0.15, 0.2) is 5.16 Å². The lowest BCUT2D eigenvalue weighted by Crippen LogP contribution is -2.20. The van der Waals surface area contributed by atoms with Crippen molar-refractivity contribution in [1.29, 1.82) is 0 Å². The van der Waals surface area contributed by atoms with E-state index in [1.54, 1.807) is 18.1 Å². The first-order chi connectivity index (χ1) is 14.1. The molecule has 0 aliphatic heterocycles. The Morgan fingerprint density at radius 1 is 1.14 bits per heavy atom. The predicted molar refractivity (Wildman–Crippen MR) is 117 cm³/mol. The second kappa shape index (κ2) is 8.71. The van der Waals surface area contributed by atoms with Crippen LogP contribution in [0.25, 0.3) is 11.0 Å². The van der Waals surface area contributed by atoms with Gasteiger partial charge in [-0.25, -0.2) is 4.98 Å². The fraction of sp³-hybridized carbons (Fsp3) is 0.200. The number of fused-ring (bicyclic) bond motifs is 1. The predicted octanol–water partition coefficient (Wildman–Crippen LogP) is 3.82. The fourth-order valence-electron chi connectivity index (χ4n) is 2.96. The number of aromatic nitrogens is 5. The van der Waals surface area contributed by atoms with Gasteiger partial charge in [-0.2, -0.15) is 11.8 Å². The molecule has 29 heavy (non-hydrogen) atoms. The molecule has 2 heterocycles. The number of carbonyl (C=O) groups excluding carboxylic acids is 1. The summed E-state index contributed by atoms with van der Waals surface area (Å²) in [4.78, 5) is 18.4. The molecule has 0 spiro atoms. The highest BCUT2D eigenvalue weighted by Gasteiger charge is 2.13. The van der Waals surface area contributed by atoms with Crippen molar-refractivity contribution >= 4 is 46.2 Å². The minimum atomic E-state index is -0.0794. The number of amides is 1. The van der Waals surface area contributed by atoms with Gasteiger partial charge in [0.05, 0.1) is 16.8 Å². The Labute approximate surface area is 176 Å². The molecule has 0 saturated carbocycles. The van der Waals surface area contributed by atoms with E-state index < -0.39 is 0 Å². The normalized spacial score (nSPS) is 11.1. The van der Waals surface area contributed by atoms with Gasteiger partial charge in [0.1, 0.15) is 18.7 Å². The number of hydrogen-bond donors (Lipinski definition) is 1. The van der Waals surface area contributed by atoms with Gasteiger partial charge < -0.3 is 14.5 Å². The van der Waals surface area contributed by atoms with Gasteiger partial charge in [-0.1, -0.05) is 12.1 Å². The zero-order chi connectivity index (χ0) is 20.2. The van der Waals surface area contributed by atoms with Crippen LogP contribution in [0.2, 0.25) is 0 Å². The lowest BCUT2D eigenvalue weighted by Gasteiger charge is -2.10. The topological polar surface area (TPSA) is 77.6 Å². The van der Waals surface area contributed by atoms with Crippen LogP contribution in [-0.2, 0) is 24.1 Å². The Bertz CT molecular complexity index is 1140. The van der Waals surface area contributed by atoms with Crippen LogP contribution in [0, 0.1) is 0 Å². The van der Waals surface area contributed by atoms with E-state index in [1.165, 1.54) is 11.8 Å². The molecule has 9 heteroatoms. The summed E-state index contributed by atoms with van der Waals surface area (Å²) in [6.45, 7) is 0.228. The summed E-state index contributed by atoms with van der Waals surface area (Å²) in [6, 6.07) is 15.6. The van der Waals surface area contributed by atoms with Crippen molar-refractivity contribution in [3.63, 3.8) is 0 Å². The van der Waals surface area contributed by atoms with Crippen molar-refractivity contribution in [2.75, 3.05) is 11.6 Å². The first kappa shape index (κ1) is 19.5. The highest BCUT2D eigenvalue weighted by molar-refractivity contribution is 7.99. The lowest BCUT2D eigenvalue weighted by molar-refractivity contribution is -0.116. The van der Waals surface area contributed by atoms with Gasteiger partial charge in [0, 0.05) is 17.6 Å². The smallest absolute Gasteiger partial charge is 0.244 e. The summed E-state index contributed by atoms with van der Waals surface area (Å²) >= 11 is 3.21. The second-order valence-corrected chi connectivity index (χ2v) is 8.34. The standard InChI is InChI=1S/C20H20N6OS2/c1-25-13-21-24-20(25)29-15-9-7-14(8-10-15)22-19(27)11-26-17-6-4-3-5-16(17)23-18(26)12-28-2/h3-10,13H,11-12H2,1-2H3,(H,22,27). The van der Waals surface area contributed by atoms with Crippen LogP contribution in [-0.4, -0.2) is 36.5 Å². The number of hydrogen-bond acceptors (Lipinski definition) is 6. The Hall–Kier alpha value is -2.78.